The van der Waals surface area contributed by atoms with Gasteiger partial charge in [0.05, 0.1) is 25.3 Å². The molecule has 3 aromatic rings. The fraction of sp³-hybridized carbons (Fsp3) is 0.400. The SMILES string of the molecule is COc1ccnc(CC/C=C\CCc2c(OC)ccnc2CSc2ccccc2)c1CC/C=C\COC(=O)C(C)(C)C. The zero-order valence-corrected chi connectivity index (χ0v) is 26.4. The second-order valence-corrected chi connectivity index (χ2v) is 11.9. The molecule has 224 valence electrons. The number of aryl methyl sites for hydroxylation is 1. The highest BCUT2D eigenvalue weighted by Crippen LogP contribution is 2.29. The molecule has 0 fully saturated rings. The van der Waals surface area contributed by atoms with Gasteiger partial charge < -0.3 is 14.2 Å². The summed E-state index contributed by atoms with van der Waals surface area (Å²) in [6.07, 6.45) is 17.2. The van der Waals surface area contributed by atoms with Crippen molar-refractivity contribution in [3.05, 3.63) is 102 Å². The Balaban J connectivity index is 1.51. The van der Waals surface area contributed by atoms with Gasteiger partial charge in [0, 0.05) is 39.9 Å². The first-order valence-electron chi connectivity index (χ1n) is 14.5. The molecule has 0 saturated heterocycles. The van der Waals surface area contributed by atoms with Crippen LogP contribution in [0.3, 0.4) is 0 Å². The third kappa shape index (κ3) is 10.7. The van der Waals surface area contributed by atoms with Gasteiger partial charge in [-0.3, -0.25) is 14.8 Å². The molecule has 0 N–H and O–H groups in total. The van der Waals surface area contributed by atoms with Crippen molar-refractivity contribution in [3.8, 4) is 11.5 Å². The quantitative estimate of drug-likeness (QED) is 0.0954. The van der Waals surface area contributed by atoms with Gasteiger partial charge in [-0.25, -0.2) is 0 Å². The molecule has 0 saturated carbocycles. The van der Waals surface area contributed by atoms with Gasteiger partial charge in [0.15, 0.2) is 0 Å². The predicted molar refractivity (Wildman–Crippen MR) is 171 cm³/mol. The molecule has 0 bridgehead atoms. The maximum atomic E-state index is 11.9. The lowest BCUT2D eigenvalue weighted by Gasteiger charge is -2.15. The smallest absolute Gasteiger partial charge is 0.311 e. The normalized spacial score (nSPS) is 11.7. The Labute approximate surface area is 255 Å². The topological polar surface area (TPSA) is 70.5 Å². The Hall–Kier alpha value is -3.58. The first kappa shape index (κ1) is 32.9. The average molecular weight is 589 g/mol. The number of carbonyl (C=O) groups excluding carboxylic acids is 1. The van der Waals surface area contributed by atoms with Gasteiger partial charge in [0.2, 0.25) is 0 Å². The van der Waals surface area contributed by atoms with E-state index in [0.29, 0.717) is 0 Å². The number of benzene rings is 1. The van der Waals surface area contributed by atoms with Gasteiger partial charge in [-0.2, -0.15) is 0 Å². The van der Waals surface area contributed by atoms with E-state index < -0.39 is 5.41 Å². The fourth-order valence-electron chi connectivity index (χ4n) is 4.39. The first-order chi connectivity index (χ1) is 20.3. The van der Waals surface area contributed by atoms with Crippen molar-refractivity contribution in [2.24, 2.45) is 5.41 Å². The van der Waals surface area contributed by atoms with Gasteiger partial charge >= 0.3 is 5.97 Å². The Morgan fingerprint density at radius 3 is 1.90 bits per heavy atom. The number of allylic oxidation sites excluding steroid dienone is 3. The van der Waals surface area contributed by atoms with Gasteiger partial charge in [-0.05, 0) is 83.6 Å². The molecule has 6 nitrogen and oxygen atoms in total. The summed E-state index contributed by atoms with van der Waals surface area (Å²) in [5, 5.41) is 0. The largest absolute Gasteiger partial charge is 0.496 e. The van der Waals surface area contributed by atoms with E-state index in [9.17, 15) is 4.79 Å². The van der Waals surface area contributed by atoms with Crippen LogP contribution in [0.1, 0.15) is 62.5 Å². The summed E-state index contributed by atoms with van der Waals surface area (Å²) in [7, 11) is 3.42. The molecule has 0 aliphatic carbocycles. The lowest BCUT2D eigenvalue weighted by molar-refractivity contribution is -0.151. The van der Waals surface area contributed by atoms with E-state index >= 15 is 0 Å². The van der Waals surface area contributed by atoms with Crippen LogP contribution in [-0.4, -0.2) is 36.8 Å². The zero-order valence-electron chi connectivity index (χ0n) is 25.6. The molecule has 0 unspecified atom stereocenters. The van der Waals surface area contributed by atoms with Crippen LogP contribution >= 0.6 is 11.8 Å². The molecule has 42 heavy (non-hydrogen) atoms. The minimum absolute atomic E-state index is 0.196. The highest BCUT2D eigenvalue weighted by molar-refractivity contribution is 7.98. The first-order valence-corrected chi connectivity index (χ1v) is 15.5. The van der Waals surface area contributed by atoms with Gasteiger partial charge in [-0.15, -0.1) is 11.8 Å². The van der Waals surface area contributed by atoms with E-state index in [0.717, 1.165) is 72.7 Å². The molecule has 0 amide bonds. The second kappa shape index (κ2) is 17.4. The van der Waals surface area contributed by atoms with Gasteiger partial charge in [0.25, 0.3) is 0 Å². The lowest BCUT2D eigenvalue weighted by atomic mass is 9.97. The molecule has 0 aliphatic rings. The Morgan fingerprint density at radius 1 is 0.762 bits per heavy atom. The average Bonchev–Trinajstić information content (AvgIpc) is 2.99. The number of methoxy groups -OCH3 is 2. The summed E-state index contributed by atoms with van der Waals surface area (Å²) < 4.78 is 16.6. The van der Waals surface area contributed by atoms with E-state index in [2.05, 4.69) is 46.4 Å². The van der Waals surface area contributed by atoms with Crippen LogP contribution in [0.15, 0.2) is 84.1 Å². The van der Waals surface area contributed by atoms with Gasteiger partial charge in [-0.1, -0.05) is 42.5 Å². The molecular formula is C35H44N2O4S. The monoisotopic (exact) mass is 588 g/mol. The number of pyridine rings is 2. The summed E-state index contributed by atoms with van der Waals surface area (Å²) in [6.45, 7) is 5.85. The summed E-state index contributed by atoms with van der Waals surface area (Å²) in [4.78, 5) is 22.5. The van der Waals surface area contributed by atoms with E-state index in [1.165, 1.54) is 10.5 Å². The van der Waals surface area contributed by atoms with Crippen molar-refractivity contribution >= 4 is 17.7 Å². The molecule has 1 aromatic carbocycles. The molecule has 2 heterocycles. The Bertz CT molecular complexity index is 1320. The minimum Gasteiger partial charge on any atom is -0.496 e. The number of hydrogen-bond donors (Lipinski definition) is 0. The maximum Gasteiger partial charge on any atom is 0.311 e. The van der Waals surface area contributed by atoms with Crippen molar-refractivity contribution < 1.29 is 19.0 Å². The van der Waals surface area contributed by atoms with Crippen LogP contribution in [0.5, 0.6) is 11.5 Å². The van der Waals surface area contributed by atoms with Crippen LogP contribution < -0.4 is 9.47 Å². The van der Waals surface area contributed by atoms with Crippen molar-refractivity contribution in [2.45, 2.75) is 69.9 Å². The molecule has 0 spiro atoms. The van der Waals surface area contributed by atoms with E-state index in [-0.39, 0.29) is 12.6 Å². The van der Waals surface area contributed by atoms with E-state index in [4.69, 9.17) is 14.2 Å². The van der Waals surface area contributed by atoms with Gasteiger partial charge in [0.1, 0.15) is 18.1 Å². The number of ether oxygens (including phenoxy) is 3. The zero-order chi connectivity index (χ0) is 30.2. The number of aromatic nitrogens is 2. The number of nitrogens with zero attached hydrogens (tertiary/aromatic N) is 2. The number of esters is 1. The van der Waals surface area contributed by atoms with Crippen LogP contribution in [0.4, 0.5) is 0 Å². The van der Waals surface area contributed by atoms with Crippen molar-refractivity contribution in [1.29, 1.82) is 0 Å². The molecular weight excluding hydrogens is 544 g/mol. The van der Waals surface area contributed by atoms with Crippen LogP contribution in [0, 0.1) is 5.41 Å². The van der Waals surface area contributed by atoms with Crippen LogP contribution in [0.25, 0.3) is 0 Å². The second-order valence-electron chi connectivity index (χ2n) is 10.9. The predicted octanol–water partition coefficient (Wildman–Crippen LogP) is 7.99. The third-order valence-corrected chi connectivity index (χ3v) is 7.71. The lowest BCUT2D eigenvalue weighted by Crippen LogP contribution is -2.22. The summed E-state index contributed by atoms with van der Waals surface area (Å²) in [6, 6.07) is 14.3. The third-order valence-electron chi connectivity index (χ3n) is 6.69. The summed E-state index contributed by atoms with van der Waals surface area (Å²) in [5.41, 5.74) is 3.94. The number of rotatable bonds is 16. The minimum atomic E-state index is -0.490. The van der Waals surface area contributed by atoms with Crippen molar-refractivity contribution in [3.63, 3.8) is 0 Å². The molecule has 3 rings (SSSR count). The Morgan fingerprint density at radius 2 is 1.31 bits per heavy atom. The summed E-state index contributed by atoms with van der Waals surface area (Å²) >= 11 is 1.79. The highest BCUT2D eigenvalue weighted by Gasteiger charge is 2.22. The van der Waals surface area contributed by atoms with Crippen molar-refractivity contribution in [2.75, 3.05) is 20.8 Å². The number of thioether (sulfide) groups is 1. The van der Waals surface area contributed by atoms with Crippen LogP contribution in [-0.2, 0) is 34.5 Å². The number of hydrogen-bond acceptors (Lipinski definition) is 7. The fourth-order valence-corrected chi connectivity index (χ4v) is 5.30. The molecule has 2 aromatic heterocycles. The van der Waals surface area contributed by atoms with E-state index in [1.54, 1.807) is 26.0 Å². The Kier molecular flexibility index (Phi) is 13.6. The summed E-state index contributed by atoms with van der Waals surface area (Å²) in [5.74, 6) is 2.37. The molecule has 0 radical (unpaired) electrons. The van der Waals surface area contributed by atoms with Crippen molar-refractivity contribution in [1.82, 2.24) is 9.97 Å². The number of carbonyl (C=O) groups is 1. The van der Waals surface area contributed by atoms with E-state index in [1.807, 2.05) is 63.5 Å². The maximum absolute atomic E-state index is 11.9. The standard InChI is InChI=1S/C35H44N2O4S/c1-35(2,3)34(38)41-25-15-9-13-18-28-30(36-23-21-32(28)39-4)20-14-7-6-12-19-29-31(37-24-22-33(29)40-5)26-42-27-16-10-8-11-17-27/h6-11,15-17,21-24H,12-14,18-20,25-26H2,1-5H3/b7-6-,15-9-. The highest BCUT2D eigenvalue weighted by atomic mass is 32.2. The van der Waals surface area contributed by atoms with Crippen LogP contribution in [0.2, 0.25) is 0 Å². The molecule has 0 aliphatic heterocycles. The molecule has 7 heteroatoms. The molecule has 0 atom stereocenters.